The Balaban J connectivity index is 1.50. The molecule has 3 aromatic rings. The number of thiophene rings is 1. The summed E-state index contributed by atoms with van der Waals surface area (Å²) < 4.78 is 11.4. The summed E-state index contributed by atoms with van der Waals surface area (Å²) in [5.41, 5.74) is 3.94. The maximum Gasteiger partial charge on any atom is 0.254 e. The largest absolute Gasteiger partial charge is 0.497 e. The van der Waals surface area contributed by atoms with Gasteiger partial charge in [-0.1, -0.05) is 17.7 Å². The maximum atomic E-state index is 13.5. The highest BCUT2D eigenvalue weighted by Crippen LogP contribution is 2.34. The van der Waals surface area contributed by atoms with Crippen LogP contribution in [0.2, 0.25) is 0 Å². The molecule has 1 atom stereocenters. The van der Waals surface area contributed by atoms with Crippen molar-refractivity contribution in [1.29, 1.82) is 0 Å². The van der Waals surface area contributed by atoms with Crippen molar-refractivity contribution < 1.29 is 19.1 Å². The van der Waals surface area contributed by atoms with Crippen LogP contribution in [0.25, 0.3) is 0 Å². The molecular weight excluding hydrogens is 460 g/mol. The zero-order chi connectivity index (χ0) is 24.9. The van der Waals surface area contributed by atoms with Crippen molar-refractivity contribution in [3.8, 4) is 11.5 Å². The number of carbonyl (C=O) groups excluding carboxylic acids is 2. The molecule has 2 amide bonds. The molecule has 4 rings (SSSR count). The van der Waals surface area contributed by atoms with E-state index < -0.39 is 0 Å². The zero-order valence-corrected chi connectivity index (χ0v) is 21.6. The first kappa shape index (κ1) is 24.8. The minimum Gasteiger partial charge on any atom is -0.497 e. The fourth-order valence-corrected chi connectivity index (χ4v) is 5.43. The SMILES string of the molecule is CCN(CC(=O)N1CCc2sccc2C1COc1ccc(C)cc1C)C(=O)c1ccc(OC)cc1. The Morgan fingerprint density at radius 3 is 2.57 bits per heavy atom. The van der Waals surface area contributed by atoms with E-state index in [1.807, 2.05) is 30.9 Å². The smallest absolute Gasteiger partial charge is 0.254 e. The lowest BCUT2D eigenvalue weighted by atomic mass is 10.00. The molecule has 6 nitrogen and oxygen atoms in total. The molecule has 0 fully saturated rings. The van der Waals surface area contributed by atoms with Gasteiger partial charge in [-0.15, -0.1) is 11.3 Å². The van der Waals surface area contributed by atoms with Gasteiger partial charge >= 0.3 is 0 Å². The Labute approximate surface area is 211 Å². The van der Waals surface area contributed by atoms with Crippen LogP contribution in [0.5, 0.6) is 11.5 Å². The average molecular weight is 493 g/mol. The lowest BCUT2D eigenvalue weighted by Crippen LogP contribution is -2.47. The minimum absolute atomic E-state index is 0.0287. The van der Waals surface area contributed by atoms with Gasteiger partial charge in [-0.05, 0) is 80.1 Å². The summed E-state index contributed by atoms with van der Waals surface area (Å²) in [5.74, 6) is 1.28. The van der Waals surface area contributed by atoms with Crippen LogP contribution in [0.3, 0.4) is 0 Å². The number of hydrogen-bond acceptors (Lipinski definition) is 5. The van der Waals surface area contributed by atoms with Crippen molar-refractivity contribution in [3.63, 3.8) is 0 Å². The molecule has 0 saturated carbocycles. The van der Waals surface area contributed by atoms with Crippen LogP contribution >= 0.6 is 11.3 Å². The summed E-state index contributed by atoms with van der Waals surface area (Å²) in [5, 5.41) is 2.08. The molecule has 184 valence electrons. The normalized spacial score (nSPS) is 14.9. The summed E-state index contributed by atoms with van der Waals surface area (Å²) in [6.07, 6.45) is 0.817. The average Bonchev–Trinajstić information content (AvgIpc) is 3.35. The van der Waals surface area contributed by atoms with Gasteiger partial charge in [0.05, 0.1) is 13.2 Å². The highest BCUT2D eigenvalue weighted by atomic mass is 32.1. The summed E-state index contributed by atoms with van der Waals surface area (Å²) in [4.78, 5) is 31.4. The summed E-state index contributed by atoms with van der Waals surface area (Å²) >= 11 is 1.72. The number of nitrogens with zero attached hydrogens (tertiary/aromatic N) is 2. The number of hydrogen-bond donors (Lipinski definition) is 0. The quantitative estimate of drug-likeness (QED) is 0.442. The number of benzene rings is 2. The van der Waals surface area contributed by atoms with Gasteiger partial charge in [0.15, 0.2) is 0 Å². The summed E-state index contributed by atoms with van der Waals surface area (Å²) in [6, 6.07) is 15.0. The number of carbonyl (C=O) groups is 2. The number of amides is 2. The molecule has 0 bridgehead atoms. The highest BCUT2D eigenvalue weighted by Gasteiger charge is 2.33. The molecule has 0 aliphatic carbocycles. The van der Waals surface area contributed by atoms with E-state index in [0.717, 1.165) is 23.3 Å². The Morgan fingerprint density at radius 1 is 1.11 bits per heavy atom. The second kappa shape index (κ2) is 11.0. The zero-order valence-electron chi connectivity index (χ0n) is 20.7. The third kappa shape index (κ3) is 5.51. The van der Waals surface area contributed by atoms with Crippen molar-refractivity contribution in [2.24, 2.45) is 0 Å². The van der Waals surface area contributed by atoms with Gasteiger partial charge in [0, 0.05) is 23.5 Å². The second-order valence-electron chi connectivity index (χ2n) is 8.78. The van der Waals surface area contributed by atoms with E-state index in [0.29, 0.717) is 31.0 Å². The molecule has 0 saturated heterocycles. The molecule has 2 heterocycles. The van der Waals surface area contributed by atoms with Crippen LogP contribution in [0.1, 0.15) is 44.9 Å². The van der Waals surface area contributed by atoms with Crippen molar-refractivity contribution >= 4 is 23.2 Å². The first-order valence-corrected chi connectivity index (χ1v) is 12.8. The van der Waals surface area contributed by atoms with Crippen molar-refractivity contribution in [2.45, 2.75) is 33.2 Å². The topological polar surface area (TPSA) is 59.1 Å². The third-order valence-electron chi connectivity index (χ3n) is 6.47. The number of methoxy groups -OCH3 is 1. The summed E-state index contributed by atoms with van der Waals surface area (Å²) in [6.45, 7) is 7.44. The first-order chi connectivity index (χ1) is 16.9. The summed E-state index contributed by atoms with van der Waals surface area (Å²) in [7, 11) is 1.59. The van der Waals surface area contributed by atoms with Gasteiger partial charge in [0.25, 0.3) is 5.91 Å². The van der Waals surface area contributed by atoms with Crippen LogP contribution in [-0.2, 0) is 11.2 Å². The van der Waals surface area contributed by atoms with Crippen molar-refractivity contribution in [2.75, 3.05) is 33.4 Å². The van der Waals surface area contributed by atoms with E-state index in [-0.39, 0.29) is 24.4 Å². The van der Waals surface area contributed by atoms with Crippen LogP contribution < -0.4 is 9.47 Å². The molecule has 35 heavy (non-hydrogen) atoms. The maximum absolute atomic E-state index is 13.5. The van der Waals surface area contributed by atoms with E-state index in [9.17, 15) is 9.59 Å². The Kier molecular flexibility index (Phi) is 7.76. The minimum atomic E-state index is -0.187. The predicted molar refractivity (Wildman–Crippen MR) is 138 cm³/mol. The van der Waals surface area contributed by atoms with E-state index >= 15 is 0 Å². The molecule has 0 N–H and O–H groups in total. The van der Waals surface area contributed by atoms with Gasteiger partial charge in [-0.3, -0.25) is 9.59 Å². The number of ether oxygens (including phenoxy) is 2. The molecule has 1 aliphatic rings. The molecule has 0 radical (unpaired) electrons. The molecule has 0 spiro atoms. The molecule has 1 aromatic heterocycles. The van der Waals surface area contributed by atoms with E-state index in [1.54, 1.807) is 47.6 Å². The number of aryl methyl sites for hydroxylation is 2. The molecule has 2 aromatic carbocycles. The Morgan fingerprint density at radius 2 is 1.89 bits per heavy atom. The predicted octanol–water partition coefficient (Wildman–Crippen LogP) is 5.04. The van der Waals surface area contributed by atoms with Crippen molar-refractivity contribution in [3.05, 3.63) is 81.0 Å². The number of fused-ring (bicyclic) bond motifs is 1. The van der Waals surface area contributed by atoms with Gasteiger partial charge in [-0.25, -0.2) is 0 Å². The van der Waals surface area contributed by atoms with Gasteiger partial charge < -0.3 is 19.3 Å². The molecule has 1 aliphatic heterocycles. The standard InChI is InChI=1S/C28H32N2O4S/c1-5-29(28(32)21-7-9-22(33-4)10-8-21)17-27(31)30-14-12-26-23(13-15-35-26)24(30)18-34-25-11-6-19(2)16-20(25)3/h6-11,13,15-16,24H,5,12,14,17-18H2,1-4H3. The van der Waals surface area contributed by atoms with Gasteiger partial charge in [0.1, 0.15) is 24.7 Å². The van der Waals surface area contributed by atoms with Crippen LogP contribution in [0.15, 0.2) is 53.9 Å². The molecule has 1 unspecified atom stereocenters. The lowest BCUT2D eigenvalue weighted by molar-refractivity contribution is -0.135. The monoisotopic (exact) mass is 492 g/mol. The fourth-order valence-electron chi connectivity index (χ4n) is 4.50. The van der Waals surface area contributed by atoms with E-state index in [2.05, 4.69) is 24.4 Å². The van der Waals surface area contributed by atoms with Crippen LogP contribution in [0.4, 0.5) is 0 Å². The second-order valence-corrected chi connectivity index (χ2v) is 9.78. The first-order valence-electron chi connectivity index (χ1n) is 11.9. The van der Waals surface area contributed by atoms with E-state index in [4.69, 9.17) is 9.47 Å². The number of likely N-dealkylation sites (N-methyl/N-ethyl adjacent to an activating group) is 1. The fraction of sp³-hybridized carbons (Fsp3) is 0.357. The van der Waals surface area contributed by atoms with Crippen LogP contribution in [0, 0.1) is 13.8 Å². The highest BCUT2D eigenvalue weighted by molar-refractivity contribution is 7.10. The van der Waals surface area contributed by atoms with Crippen LogP contribution in [-0.4, -0.2) is 55.0 Å². The Bertz CT molecular complexity index is 1190. The Hall–Kier alpha value is -3.32. The molecular formula is C28H32N2O4S. The van der Waals surface area contributed by atoms with Gasteiger partial charge in [-0.2, -0.15) is 0 Å². The van der Waals surface area contributed by atoms with Crippen molar-refractivity contribution in [1.82, 2.24) is 9.80 Å². The third-order valence-corrected chi connectivity index (χ3v) is 7.47. The van der Waals surface area contributed by atoms with E-state index in [1.165, 1.54) is 10.4 Å². The molecule has 7 heteroatoms. The number of rotatable bonds is 8. The lowest BCUT2D eigenvalue weighted by Gasteiger charge is -2.37. The van der Waals surface area contributed by atoms with Gasteiger partial charge in [0.2, 0.25) is 5.91 Å².